The van der Waals surface area contributed by atoms with E-state index in [4.69, 9.17) is 15.9 Å². The smallest absolute Gasteiger partial charge is 0.268 e. The minimum absolute atomic E-state index is 0.0955. The maximum Gasteiger partial charge on any atom is 0.268 e. The Morgan fingerprint density at radius 1 is 1.02 bits per heavy atom. The van der Waals surface area contributed by atoms with Gasteiger partial charge in [0.1, 0.15) is 17.1 Å². The molecule has 41 heavy (non-hydrogen) atoms. The Kier molecular flexibility index (Phi) is 7.17. The maximum absolute atomic E-state index is 15.2. The summed E-state index contributed by atoms with van der Waals surface area (Å²) in [5.74, 6) is -1.86. The van der Waals surface area contributed by atoms with E-state index in [9.17, 15) is 14.0 Å². The average Bonchev–Trinajstić information content (AvgIpc) is 3.31. The van der Waals surface area contributed by atoms with Gasteiger partial charge < -0.3 is 21.2 Å². The lowest BCUT2D eigenvalue weighted by atomic mass is 10.0. The molecule has 2 heterocycles. The van der Waals surface area contributed by atoms with Gasteiger partial charge in [0, 0.05) is 59.1 Å². The van der Waals surface area contributed by atoms with E-state index >= 15 is 4.39 Å². The molecule has 0 spiro atoms. The van der Waals surface area contributed by atoms with Crippen LogP contribution >= 0.6 is 0 Å². The fraction of sp³-hybridized carbons (Fsp3) is 0.0667. The average molecular weight is 555 g/mol. The molecule has 0 fully saturated rings. The largest absolute Gasteiger partial charge is 0.454 e. The van der Waals surface area contributed by atoms with E-state index in [2.05, 4.69) is 10.4 Å². The molecular formula is C30H24F2N6O3. The molecule has 11 heteroatoms. The fourth-order valence-corrected chi connectivity index (χ4v) is 4.40. The van der Waals surface area contributed by atoms with Crippen molar-refractivity contribution in [3.8, 4) is 17.2 Å². The number of halogens is 2. The van der Waals surface area contributed by atoms with E-state index in [1.165, 1.54) is 53.2 Å². The number of benzene rings is 3. The number of anilines is 1. The van der Waals surface area contributed by atoms with Gasteiger partial charge in [-0.2, -0.15) is 5.10 Å². The van der Waals surface area contributed by atoms with Crippen molar-refractivity contribution in [3.63, 3.8) is 0 Å². The standard InChI is InChI=1S/C30H24F2N6O3/c1-17-3-9-23(30(40)38(17)22-7-4-20(31)5-8-22)29(39)36-21-6-10-27(25(32)12-21)41-28-11-18-16-35-37(2)26(18)13-24(28)19(14-33)15-34/h3-16,33H,34H2,1-2H3,(H,36,39)/b19-15+,33-14?. The number of nitrogens with two attached hydrogens (primary N) is 1. The molecule has 0 saturated carbocycles. The fourth-order valence-electron chi connectivity index (χ4n) is 4.40. The Bertz CT molecular complexity index is 1910. The third-order valence-electron chi connectivity index (χ3n) is 6.51. The number of nitrogens with one attached hydrogen (secondary N) is 2. The first-order valence-corrected chi connectivity index (χ1v) is 12.4. The Balaban J connectivity index is 1.42. The number of carbonyl (C=O) groups is 1. The van der Waals surface area contributed by atoms with Crippen LogP contribution in [0.4, 0.5) is 14.5 Å². The van der Waals surface area contributed by atoms with Crippen LogP contribution < -0.4 is 21.3 Å². The lowest BCUT2D eigenvalue weighted by molar-refractivity contribution is 0.102. The first-order valence-electron chi connectivity index (χ1n) is 12.4. The highest BCUT2D eigenvalue weighted by Crippen LogP contribution is 2.35. The molecule has 0 unspecified atom stereocenters. The number of pyridine rings is 1. The quantitative estimate of drug-likeness (QED) is 0.235. The molecule has 5 rings (SSSR count). The molecule has 2 aromatic heterocycles. The van der Waals surface area contributed by atoms with Crippen molar-refractivity contribution in [2.75, 3.05) is 5.32 Å². The number of nitrogens with zero attached hydrogens (tertiary/aromatic N) is 3. The van der Waals surface area contributed by atoms with Gasteiger partial charge in [-0.3, -0.25) is 18.8 Å². The number of fused-ring (bicyclic) bond motifs is 1. The van der Waals surface area contributed by atoms with Crippen LogP contribution in [0.1, 0.15) is 21.6 Å². The van der Waals surface area contributed by atoms with Gasteiger partial charge in [0.15, 0.2) is 11.6 Å². The van der Waals surface area contributed by atoms with Crippen molar-refractivity contribution >= 4 is 34.3 Å². The highest BCUT2D eigenvalue weighted by Gasteiger charge is 2.18. The summed E-state index contributed by atoms with van der Waals surface area (Å²) >= 11 is 0. The van der Waals surface area contributed by atoms with Crippen molar-refractivity contribution in [1.82, 2.24) is 14.3 Å². The normalized spacial score (nSPS) is 11.5. The van der Waals surface area contributed by atoms with Crippen LogP contribution in [-0.4, -0.2) is 26.5 Å². The third-order valence-corrected chi connectivity index (χ3v) is 6.51. The lowest BCUT2D eigenvalue weighted by Crippen LogP contribution is -2.29. The Labute approximate surface area is 232 Å². The van der Waals surface area contributed by atoms with Gasteiger partial charge in [0.05, 0.1) is 11.7 Å². The molecule has 0 bridgehead atoms. The van der Waals surface area contributed by atoms with Gasteiger partial charge in [0.25, 0.3) is 11.5 Å². The monoisotopic (exact) mass is 554 g/mol. The number of hydrogen-bond acceptors (Lipinski definition) is 6. The van der Waals surface area contributed by atoms with Gasteiger partial charge in [-0.25, -0.2) is 8.78 Å². The SMILES string of the molecule is Cc1ccc(C(=O)Nc2ccc(Oc3cc4cnn(C)c4cc3/C(C=N)=C/N)c(F)c2)c(=O)n1-c1ccc(F)cc1. The second-order valence-corrected chi connectivity index (χ2v) is 9.15. The van der Waals surface area contributed by atoms with Crippen molar-refractivity contribution in [2.45, 2.75) is 6.92 Å². The lowest BCUT2D eigenvalue weighted by Gasteiger charge is -2.14. The molecule has 206 valence electrons. The van der Waals surface area contributed by atoms with Crippen LogP contribution in [0.2, 0.25) is 0 Å². The summed E-state index contributed by atoms with van der Waals surface area (Å²) in [5.41, 5.74) is 7.54. The van der Waals surface area contributed by atoms with Crippen LogP contribution in [0.5, 0.6) is 11.5 Å². The molecular weight excluding hydrogens is 530 g/mol. The number of allylic oxidation sites excluding steroid dienone is 1. The maximum atomic E-state index is 15.2. The second-order valence-electron chi connectivity index (χ2n) is 9.15. The number of hydrogen-bond donors (Lipinski definition) is 3. The van der Waals surface area contributed by atoms with Crippen LogP contribution in [-0.2, 0) is 7.05 Å². The van der Waals surface area contributed by atoms with Crippen LogP contribution in [0.25, 0.3) is 22.2 Å². The summed E-state index contributed by atoms with van der Waals surface area (Å²) in [4.78, 5) is 26.1. The van der Waals surface area contributed by atoms with E-state index in [1.54, 1.807) is 43.0 Å². The van der Waals surface area contributed by atoms with Gasteiger partial charge in [0.2, 0.25) is 0 Å². The minimum atomic E-state index is -0.777. The number of carbonyl (C=O) groups excluding carboxylic acids is 1. The Morgan fingerprint density at radius 3 is 2.46 bits per heavy atom. The molecule has 0 aliphatic rings. The van der Waals surface area contributed by atoms with Gasteiger partial charge >= 0.3 is 0 Å². The minimum Gasteiger partial charge on any atom is -0.454 e. The first-order chi connectivity index (χ1) is 19.7. The first kappa shape index (κ1) is 27.0. The van der Waals surface area contributed by atoms with Crippen molar-refractivity contribution in [2.24, 2.45) is 12.8 Å². The van der Waals surface area contributed by atoms with E-state index in [0.717, 1.165) is 23.2 Å². The van der Waals surface area contributed by atoms with Gasteiger partial charge in [-0.05, 0) is 67.6 Å². The summed E-state index contributed by atoms with van der Waals surface area (Å²) in [7, 11) is 1.77. The molecule has 0 aliphatic carbocycles. The van der Waals surface area contributed by atoms with Crippen LogP contribution in [0.15, 0.2) is 83.9 Å². The van der Waals surface area contributed by atoms with E-state index in [-0.39, 0.29) is 22.7 Å². The predicted octanol–water partition coefficient (Wildman–Crippen LogP) is 5.30. The number of aryl methyl sites for hydroxylation is 2. The van der Waals surface area contributed by atoms with Gasteiger partial charge in [-0.15, -0.1) is 0 Å². The number of ether oxygens (including phenoxy) is 1. The predicted molar refractivity (Wildman–Crippen MR) is 153 cm³/mol. The number of amides is 1. The number of aromatic nitrogens is 3. The highest BCUT2D eigenvalue weighted by molar-refractivity contribution is 6.10. The van der Waals surface area contributed by atoms with E-state index < -0.39 is 23.1 Å². The van der Waals surface area contributed by atoms with Crippen molar-refractivity contribution in [3.05, 3.63) is 118 Å². The van der Waals surface area contributed by atoms with Crippen molar-refractivity contribution < 1.29 is 18.3 Å². The van der Waals surface area contributed by atoms with E-state index in [1.807, 2.05) is 0 Å². The summed E-state index contributed by atoms with van der Waals surface area (Å²) in [6.45, 7) is 1.69. The molecule has 0 radical (unpaired) electrons. The molecule has 0 aliphatic heterocycles. The molecule has 1 amide bonds. The molecule has 0 atom stereocenters. The zero-order chi connectivity index (χ0) is 29.3. The Hall–Kier alpha value is -5.58. The molecule has 4 N–H and O–H groups in total. The molecule has 0 saturated heterocycles. The summed E-state index contributed by atoms with van der Waals surface area (Å²) in [6, 6.07) is 15.5. The highest BCUT2D eigenvalue weighted by atomic mass is 19.1. The molecule has 3 aromatic carbocycles. The topological polar surface area (TPSA) is 128 Å². The summed E-state index contributed by atoms with van der Waals surface area (Å²) < 4.78 is 37.4. The summed E-state index contributed by atoms with van der Waals surface area (Å²) in [6.07, 6.45) is 3.95. The summed E-state index contributed by atoms with van der Waals surface area (Å²) in [5, 5.41) is 15.2. The van der Waals surface area contributed by atoms with Crippen LogP contribution in [0.3, 0.4) is 0 Å². The molecule has 9 nitrogen and oxygen atoms in total. The zero-order valence-electron chi connectivity index (χ0n) is 22.0. The molecule has 5 aromatic rings. The second kappa shape index (κ2) is 10.9. The third kappa shape index (κ3) is 5.20. The van der Waals surface area contributed by atoms with Crippen molar-refractivity contribution in [1.29, 1.82) is 5.41 Å². The van der Waals surface area contributed by atoms with Crippen LogP contribution in [0, 0.1) is 24.0 Å². The van der Waals surface area contributed by atoms with E-state index in [0.29, 0.717) is 22.5 Å². The van der Waals surface area contributed by atoms with Gasteiger partial charge in [-0.1, -0.05) is 0 Å². The Morgan fingerprint density at radius 2 is 1.78 bits per heavy atom. The zero-order valence-corrected chi connectivity index (χ0v) is 22.0. The number of rotatable bonds is 7.